The number of nitriles is 1. The molecule has 8 heteroatoms. The average molecular weight is 491 g/mol. The third-order valence-corrected chi connectivity index (χ3v) is 6.44. The number of rotatable bonds is 7. The SMILES string of the molecule is COc1cc(/C=C2/SC(=O)N(Cc3ccccc3C#N)C2=O)ccc1OCc1ccccc1Cl. The van der Waals surface area contributed by atoms with Gasteiger partial charge in [-0.05, 0) is 53.2 Å². The van der Waals surface area contributed by atoms with Crippen LogP contribution in [0.2, 0.25) is 5.02 Å². The lowest BCUT2D eigenvalue weighted by atomic mass is 10.1. The van der Waals surface area contributed by atoms with Gasteiger partial charge < -0.3 is 9.47 Å². The molecular formula is C26H19ClN2O4S. The fourth-order valence-electron chi connectivity index (χ4n) is 3.39. The van der Waals surface area contributed by atoms with Crippen LogP contribution in [0, 0.1) is 11.3 Å². The van der Waals surface area contributed by atoms with Gasteiger partial charge in [-0.15, -0.1) is 0 Å². The van der Waals surface area contributed by atoms with Crippen molar-refractivity contribution in [3.8, 4) is 17.6 Å². The predicted molar refractivity (Wildman–Crippen MR) is 131 cm³/mol. The first kappa shape index (κ1) is 23.4. The maximum absolute atomic E-state index is 12.9. The topological polar surface area (TPSA) is 79.6 Å². The minimum absolute atomic E-state index is 0.0455. The van der Waals surface area contributed by atoms with Crippen LogP contribution in [0.25, 0.3) is 6.08 Å². The van der Waals surface area contributed by atoms with Gasteiger partial charge in [-0.2, -0.15) is 5.26 Å². The van der Waals surface area contributed by atoms with Crippen molar-refractivity contribution < 1.29 is 19.1 Å². The summed E-state index contributed by atoms with van der Waals surface area (Å²) in [5.41, 5.74) is 2.59. The van der Waals surface area contributed by atoms with Crippen molar-refractivity contribution in [1.29, 1.82) is 5.26 Å². The molecule has 0 atom stereocenters. The second-order valence-electron chi connectivity index (χ2n) is 7.33. The molecule has 170 valence electrons. The minimum Gasteiger partial charge on any atom is -0.493 e. The maximum atomic E-state index is 12.9. The van der Waals surface area contributed by atoms with Crippen molar-refractivity contribution in [3.63, 3.8) is 0 Å². The molecule has 1 aliphatic rings. The van der Waals surface area contributed by atoms with E-state index in [1.54, 1.807) is 54.6 Å². The smallest absolute Gasteiger partial charge is 0.293 e. The highest BCUT2D eigenvalue weighted by atomic mass is 35.5. The molecule has 0 aliphatic carbocycles. The molecule has 1 heterocycles. The van der Waals surface area contributed by atoms with Gasteiger partial charge in [0.25, 0.3) is 11.1 Å². The van der Waals surface area contributed by atoms with E-state index in [0.717, 1.165) is 22.2 Å². The number of nitrogens with zero attached hydrogens (tertiary/aromatic N) is 2. The lowest BCUT2D eigenvalue weighted by Crippen LogP contribution is -2.27. The molecule has 2 amide bonds. The van der Waals surface area contributed by atoms with Gasteiger partial charge in [0.2, 0.25) is 0 Å². The number of imide groups is 1. The number of carbonyl (C=O) groups is 2. The van der Waals surface area contributed by atoms with E-state index < -0.39 is 5.91 Å². The zero-order valence-electron chi connectivity index (χ0n) is 18.2. The summed E-state index contributed by atoms with van der Waals surface area (Å²) in [6.45, 7) is 0.322. The average Bonchev–Trinajstić information content (AvgIpc) is 3.11. The number of carbonyl (C=O) groups excluding carboxylic acids is 2. The second kappa shape index (κ2) is 10.5. The van der Waals surface area contributed by atoms with Gasteiger partial charge in [-0.25, -0.2) is 0 Å². The maximum Gasteiger partial charge on any atom is 0.293 e. The second-order valence-corrected chi connectivity index (χ2v) is 8.73. The fraction of sp³-hybridized carbons (Fsp3) is 0.115. The number of hydrogen-bond acceptors (Lipinski definition) is 6. The van der Waals surface area contributed by atoms with E-state index in [4.69, 9.17) is 21.1 Å². The van der Waals surface area contributed by atoms with E-state index in [-0.39, 0.29) is 18.4 Å². The van der Waals surface area contributed by atoms with Crippen LogP contribution >= 0.6 is 23.4 Å². The normalized spacial score (nSPS) is 14.4. The summed E-state index contributed by atoms with van der Waals surface area (Å²) in [5, 5.41) is 9.51. The Bertz CT molecular complexity index is 1330. The minimum atomic E-state index is -0.402. The Morgan fingerprint density at radius 1 is 1.03 bits per heavy atom. The standard InChI is InChI=1S/C26H19ClN2O4S/c1-32-23-12-17(10-11-22(23)33-16-20-8-4-5-9-21(20)27)13-24-25(30)29(26(31)34-24)15-19-7-3-2-6-18(19)14-28/h2-13H,15-16H2,1H3/b24-13+. The van der Waals surface area contributed by atoms with Crippen LogP contribution in [0.5, 0.6) is 11.5 Å². The summed E-state index contributed by atoms with van der Waals surface area (Å²) in [5.74, 6) is 0.615. The Morgan fingerprint density at radius 3 is 2.50 bits per heavy atom. The highest BCUT2D eigenvalue weighted by Gasteiger charge is 2.35. The van der Waals surface area contributed by atoms with E-state index in [1.807, 2.05) is 18.2 Å². The van der Waals surface area contributed by atoms with Crippen LogP contribution in [0.1, 0.15) is 22.3 Å². The molecule has 3 aromatic carbocycles. The first-order valence-corrected chi connectivity index (χ1v) is 11.5. The van der Waals surface area contributed by atoms with Gasteiger partial charge in [0.15, 0.2) is 11.5 Å². The van der Waals surface area contributed by atoms with Crippen LogP contribution in [0.15, 0.2) is 71.6 Å². The molecule has 0 radical (unpaired) electrons. The largest absolute Gasteiger partial charge is 0.493 e. The fourth-order valence-corrected chi connectivity index (χ4v) is 4.42. The van der Waals surface area contributed by atoms with E-state index in [9.17, 15) is 14.9 Å². The molecule has 1 saturated heterocycles. The van der Waals surface area contributed by atoms with Gasteiger partial charge >= 0.3 is 0 Å². The highest BCUT2D eigenvalue weighted by molar-refractivity contribution is 8.18. The zero-order chi connectivity index (χ0) is 24.1. The van der Waals surface area contributed by atoms with E-state index in [1.165, 1.54) is 7.11 Å². The molecule has 34 heavy (non-hydrogen) atoms. The molecule has 0 unspecified atom stereocenters. The molecule has 0 bridgehead atoms. The van der Waals surface area contributed by atoms with Gasteiger partial charge in [0.05, 0.1) is 30.2 Å². The molecule has 3 aromatic rings. The van der Waals surface area contributed by atoms with E-state index in [0.29, 0.717) is 38.1 Å². The quantitative estimate of drug-likeness (QED) is 0.376. The van der Waals surface area contributed by atoms with Gasteiger partial charge in [-0.1, -0.05) is 54.1 Å². The summed E-state index contributed by atoms with van der Waals surface area (Å²) in [4.78, 5) is 26.8. The number of hydrogen-bond donors (Lipinski definition) is 0. The molecule has 1 fully saturated rings. The Hall–Kier alpha value is -3.73. The lowest BCUT2D eigenvalue weighted by Gasteiger charge is -2.13. The number of thioether (sulfide) groups is 1. The summed E-state index contributed by atoms with van der Waals surface area (Å²) >= 11 is 7.05. The van der Waals surface area contributed by atoms with Crippen LogP contribution in [0.4, 0.5) is 4.79 Å². The first-order valence-electron chi connectivity index (χ1n) is 10.3. The molecule has 1 aliphatic heterocycles. The molecule has 0 saturated carbocycles. The number of amides is 2. The number of halogens is 1. The van der Waals surface area contributed by atoms with Crippen molar-refractivity contribution in [3.05, 3.63) is 98.9 Å². The van der Waals surface area contributed by atoms with Crippen LogP contribution in [-0.2, 0) is 17.9 Å². The Balaban J connectivity index is 1.51. The van der Waals surface area contributed by atoms with Crippen molar-refractivity contribution >= 4 is 40.6 Å². The van der Waals surface area contributed by atoms with Crippen LogP contribution in [0.3, 0.4) is 0 Å². The van der Waals surface area contributed by atoms with Crippen molar-refractivity contribution in [2.75, 3.05) is 7.11 Å². The Morgan fingerprint density at radius 2 is 1.76 bits per heavy atom. The summed E-state index contributed by atoms with van der Waals surface area (Å²) in [7, 11) is 1.53. The van der Waals surface area contributed by atoms with Gasteiger partial charge in [-0.3, -0.25) is 14.5 Å². The molecule has 0 N–H and O–H groups in total. The predicted octanol–water partition coefficient (Wildman–Crippen LogP) is 6.04. The lowest BCUT2D eigenvalue weighted by molar-refractivity contribution is -0.123. The highest BCUT2D eigenvalue weighted by Crippen LogP contribution is 2.36. The third-order valence-electron chi connectivity index (χ3n) is 5.17. The molecule has 4 rings (SSSR count). The Kier molecular flexibility index (Phi) is 7.21. The molecular weight excluding hydrogens is 472 g/mol. The van der Waals surface area contributed by atoms with E-state index in [2.05, 4.69) is 6.07 Å². The number of benzene rings is 3. The first-order chi connectivity index (χ1) is 16.5. The number of ether oxygens (including phenoxy) is 2. The zero-order valence-corrected chi connectivity index (χ0v) is 19.7. The van der Waals surface area contributed by atoms with Gasteiger partial charge in [0.1, 0.15) is 6.61 Å². The van der Waals surface area contributed by atoms with Crippen molar-refractivity contribution in [1.82, 2.24) is 4.90 Å². The van der Waals surface area contributed by atoms with Crippen molar-refractivity contribution in [2.45, 2.75) is 13.2 Å². The number of methoxy groups -OCH3 is 1. The molecule has 0 aromatic heterocycles. The van der Waals surface area contributed by atoms with Crippen LogP contribution in [-0.4, -0.2) is 23.2 Å². The molecule has 6 nitrogen and oxygen atoms in total. The molecule has 0 spiro atoms. The van der Waals surface area contributed by atoms with E-state index >= 15 is 0 Å². The van der Waals surface area contributed by atoms with Crippen LogP contribution < -0.4 is 9.47 Å². The Labute approximate surface area is 206 Å². The summed E-state index contributed by atoms with van der Waals surface area (Å²) < 4.78 is 11.3. The van der Waals surface area contributed by atoms with Gasteiger partial charge in [0, 0.05) is 10.6 Å². The monoisotopic (exact) mass is 490 g/mol. The summed E-state index contributed by atoms with van der Waals surface area (Å²) in [6.07, 6.45) is 1.64. The summed E-state index contributed by atoms with van der Waals surface area (Å²) in [6, 6.07) is 21.7. The van der Waals surface area contributed by atoms with Crippen molar-refractivity contribution in [2.24, 2.45) is 0 Å². The third kappa shape index (κ3) is 5.09.